The van der Waals surface area contributed by atoms with E-state index in [2.05, 4.69) is 10.0 Å². The van der Waals surface area contributed by atoms with Gasteiger partial charge in [0.1, 0.15) is 0 Å². The quantitative estimate of drug-likeness (QED) is 0.311. The molecular weight excluding hydrogens is 480 g/mol. The monoisotopic (exact) mass is 504 g/mol. The van der Waals surface area contributed by atoms with Crippen molar-refractivity contribution >= 4 is 33.2 Å². The number of nitrogens with one attached hydrogen (secondary N) is 2. The zero-order chi connectivity index (χ0) is 25.0. The second-order valence-electron chi connectivity index (χ2n) is 8.29. The van der Waals surface area contributed by atoms with Crippen molar-refractivity contribution in [2.45, 2.75) is 24.8 Å². The molecule has 0 aliphatic carbocycles. The normalized spacial score (nSPS) is 12.1. The van der Waals surface area contributed by atoms with Gasteiger partial charge in [0.2, 0.25) is 0 Å². The van der Waals surface area contributed by atoms with Crippen LogP contribution in [0.2, 0.25) is 5.02 Å². The summed E-state index contributed by atoms with van der Waals surface area (Å²) in [5, 5.41) is 3.22. The first-order chi connectivity index (χ1) is 16.7. The molecule has 0 saturated heterocycles. The van der Waals surface area contributed by atoms with Crippen LogP contribution in [0, 0.1) is 13.8 Å². The summed E-state index contributed by atoms with van der Waals surface area (Å²) in [6.07, 6.45) is 0. The van der Waals surface area contributed by atoms with E-state index >= 15 is 0 Å². The second-order valence-corrected chi connectivity index (χ2v) is 10.4. The fourth-order valence-electron chi connectivity index (χ4n) is 3.77. The number of hydrogen-bond acceptors (Lipinski definition) is 3. The molecule has 7 heteroatoms. The summed E-state index contributed by atoms with van der Waals surface area (Å²) in [7, 11) is -3.82. The predicted octanol–water partition coefficient (Wildman–Crippen LogP) is 6.28. The highest BCUT2D eigenvalue weighted by atomic mass is 35.5. The number of hydrogen-bond donors (Lipinski definition) is 2. The Morgan fingerprint density at radius 3 is 2.14 bits per heavy atom. The van der Waals surface area contributed by atoms with Crippen molar-refractivity contribution in [1.82, 2.24) is 5.32 Å². The molecule has 2 N–H and O–H groups in total. The summed E-state index contributed by atoms with van der Waals surface area (Å²) in [6, 6.07) is 28.3. The molecule has 0 aliphatic heterocycles. The molecule has 0 heterocycles. The van der Waals surface area contributed by atoms with Crippen molar-refractivity contribution < 1.29 is 13.2 Å². The average molecular weight is 505 g/mol. The molecule has 5 nitrogen and oxygen atoms in total. The number of carbonyl (C=O) groups is 1. The standard InChI is InChI=1S/C28H25ClN2O3S/c1-19-12-15-23(16-13-19)35(33,34)31-26-17-14-22(18-25(26)29)28(32)30-27(21-9-4-3-5-10-21)24-11-7-6-8-20(24)2/h3-18,27,31H,1-2H3,(H,30,32)/t27-/m1/s1. The summed E-state index contributed by atoms with van der Waals surface area (Å²) in [6.45, 7) is 3.88. The van der Waals surface area contributed by atoms with Crippen LogP contribution < -0.4 is 10.0 Å². The van der Waals surface area contributed by atoms with Gasteiger partial charge in [-0.25, -0.2) is 8.42 Å². The van der Waals surface area contributed by atoms with Crippen LogP contribution in [0.15, 0.2) is 102 Å². The van der Waals surface area contributed by atoms with E-state index < -0.39 is 10.0 Å². The lowest BCUT2D eigenvalue weighted by atomic mass is 9.94. The molecule has 0 fully saturated rings. The van der Waals surface area contributed by atoms with E-state index in [1.165, 1.54) is 24.3 Å². The third-order valence-electron chi connectivity index (χ3n) is 5.71. The van der Waals surface area contributed by atoms with Gasteiger partial charge in [-0.2, -0.15) is 0 Å². The van der Waals surface area contributed by atoms with Crippen molar-refractivity contribution in [2.75, 3.05) is 4.72 Å². The van der Waals surface area contributed by atoms with Crippen molar-refractivity contribution in [2.24, 2.45) is 0 Å². The zero-order valence-electron chi connectivity index (χ0n) is 19.3. The fourth-order valence-corrected chi connectivity index (χ4v) is 5.14. The highest BCUT2D eigenvalue weighted by Gasteiger charge is 2.21. The highest BCUT2D eigenvalue weighted by molar-refractivity contribution is 7.92. The second kappa shape index (κ2) is 10.3. The number of carbonyl (C=O) groups excluding carboxylic acids is 1. The average Bonchev–Trinajstić information content (AvgIpc) is 2.85. The van der Waals surface area contributed by atoms with Crippen LogP contribution in [0.4, 0.5) is 5.69 Å². The lowest BCUT2D eigenvalue weighted by Crippen LogP contribution is -2.29. The number of rotatable bonds is 7. The van der Waals surface area contributed by atoms with E-state index in [9.17, 15) is 13.2 Å². The van der Waals surface area contributed by atoms with E-state index in [0.717, 1.165) is 22.3 Å². The van der Waals surface area contributed by atoms with Gasteiger partial charge in [-0.15, -0.1) is 0 Å². The molecule has 0 aliphatic rings. The first-order valence-electron chi connectivity index (χ1n) is 11.0. The Kier molecular flexibility index (Phi) is 7.24. The Hall–Kier alpha value is -3.61. The maximum Gasteiger partial charge on any atom is 0.261 e. The molecule has 178 valence electrons. The SMILES string of the molecule is Cc1ccc(S(=O)(=O)Nc2ccc(C(=O)N[C@H](c3ccccc3)c3ccccc3C)cc2Cl)cc1. The van der Waals surface area contributed by atoms with Gasteiger partial charge in [-0.3, -0.25) is 9.52 Å². The van der Waals surface area contributed by atoms with Crippen LogP contribution in [0.25, 0.3) is 0 Å². The van der Waals surface area contributed by atoms with Gasteiger partial charge < -0.3 is 5.32 Å². The molecule has 1 atom stereocenters. The molecular formula is C28H25ClN2O3S. The maximum absolute atomic E-state index is 13.2. The van der Waals surface area contributed by atoms with Gasteiger partial charge in [0.15, 0.2) is 0 Å². The van der Waals surface area contributed by atoms with Crippen LogP contribution in [0.1, 0.15) is 38.7 Å². The molecule has 4 aromatic rings. The van der Waals surface area contributed by atoms with Crippen LogP contribution in [0.3, 0.4) is 0 Å². The fraction of sp³-hybridized carbons (Fsp3) is 0.107. The molecule has 4 rings (SSSR count). The van der Waals surface area contributed by atoms with E-state index in [-0.39, 0.29) is 27.6 Å². The minimum atomic E-state index is -3.82. The number of aryl methyl sites for hydroxylation is 2. The molecule has 0 saturated carbocycles. The van der Waals surface area contributed by atoms with E-state index in [1.807, 2.05) is 68.4 Å². The minimum Gasteiger partial charge on any atom is -0.341 e. The molecule has 0 aromatic heterocycles. The summed E-state index contributed by atoms with van der Waals surface area (Å²) in [5.74, 6) is -0.322. The molecule has 0 unspecified atom stereocenters. The highest BCUT2D eigenvalue weighted by Crippen LogP contribution is 2.28. The van der Waals surface area contributed by atoms with Crippen LogP contribution in [-0.4, -0.2) is 14.3 Å². The van der Waals surface area contributed by atoms with Gasteiger partial charge in [0.25, 0.3) is 15.9 Å². The first-order valence-corrected chi connectivity index (χ1v) is 12.9. The molecule has 35 heavy (non-hydrogen) atoms. The number of halogens is 1. The van der Waals surface area contributed by atoms with Gasteiger partial charge in [-0.05, 0) is 60.9 Å². The summed E-state index contributed by atoms with van der Waals surface area (Å²) < 4.78 is 27.9. The predicted molar refractivity (Wildman–Crippen MR) is 140 cm³/mol. The topological polar surface area (TPSA) is 75.3 Å². The molecule has 4 aromatic carbocycles. The van der Waals surface area contributed by atoms with Gasteiger partial charge >= 0.3 is 0 Å². The number of sulfonamides is 1. The van der Waals surface area contributed by atoms with Crippen molar-refractivity contribution in [3.8, 4) is 0 Å². The Labute approximate surface area is 210 Å². The largest absolute Gasteiger partial charge is 0.341 e. The lowest BCUT2D eigenvalue weighted by Gasteiger charge is -2.22. The Bertz CT molecular complexity index is 1450. The molecule has 0 radical (unpaired) electrons. The Balaban J connectivity index is 1.58. The van der Waals surface area contributed by atoms with E-state index in [0.29, 0.717) is 5.56 Å². The third kappa shape index (κ3) is 5.73. The molecule has 0 spiro atoms. The maximum atomic E-state index is 13.2. The number of anilines is 1. The van der Waals surface area contributed by atoms with Gasteiger partial charge in [0.05, 0.1) is 21.6 Å². The van der Waals surface area contributed by atoms with Gasteiger partial charge in [0, 0.05) is 5.56 Å². The van der Waals surface area contributed by atoms with Gasteiger partial charge in [-0.1, -0.05) is 83.9 Å². The summed E-state index contributed by atoms with van der Waals surface area (Å²) >= 11 is 6.38. The van der Waals surface area contributed by atoms with Crippen molar-refractivity contribution in [1.29, 1.82) is 0 Å². The Morgan fingerprint density at radius 2 is 1.49 bits per heavy atom. The van der Waals surface area contributed by atoms with Crippen LogP contribution in [0.5, 0.6) is 0 Å². The van der Waals surface area contributed by atoms with E-state index in [4.69, 9.17) is 11.6 Å². The van der Waals surface area contributed by atoms with Crippen molar-refractivity contribution in [3.05, 3.63) is 130 Å². The lowest BCUT2D eigenvalue weighted by molar-refractivity contribution is 0.0943. The molecule has 0 bridgehead atoms. The summed E-state index contributed by atoms with van der Waals surface area (Å²) in [5.41, 5.74) is 4.46. The minimum absolute atomic E-state index is 0.125. The summed E-state index contributed by atoms with van der Waals surface area (Å²) in [4.78, 5) is 13.3. The zero-order valence-corrected chi connectivity index (χ0v) is 20.9. The Morgan fingerprint density at radius 1 is 0.829 bits per heavy atom. The molecule has 1 amide bonds. The number of benzene rings is 4. The third-order valence-corrected chi connectivity index (χ3v) is 7.41. The van der Waals surface area contributed by atoms with Crippen LogP contribution in [-0.2, 0) is 10.0 Å². The smallest absolute Gasteiger partial charge is 0.261 e. The van der Waals surface area contributed by atoms with Crippen molar-refractivity contribution in [3.63, 3.8) is 0 Å². The number of amides is 1. The van der Waals surface area contributed by atoms with E-state index in [1.54, 1.807) is 18.2 Å². The van der Waals surface area contributed by atoms with Crippen LogP contribution >= 0.6 is 11.6 Å². The first kappa shape index (κ1) is 24.5.